The molecule has 0 aromatic heterocycles. The summed E-state index contributed by atoms with van der Waals surface area (Å²) in [7, 11) is 0. The quantitative estimate of drug-likeness (QED) is 0.420. The van der Waals surface area contributed by atoms with E-state index < -0.39 is 12.0 Å². The van der Waals surface area contributed by atoms with Gasteiger partial charge in [-0.05, 0) is 12.1 Å². The van der Waals surface area contributed by atoms with Crippen LogP contribution in [0, 0.1) is 0 Å². The van der Waals surface area contributed by atoms with Gasteiger partial charge < -0.3 is 30.4 Å². The van der Waals surface area contributed by atoms with E-state index in [1.165, 1.54) is 5.32 Å². The Morgan fingerprint density at radius 2 is 2.00 bits per heavy atom. The first-order chi connectivity index (χ1) is 10.1. The Labute approximate surface area is 122 Å². The van der Waals surface area contributed by atoms with Crippen LogP contribution < -0.4 is 15.7 Å². The molecule has 0 aliphatic heterocycles. The van der Waals surface area contributed by atoms with Crippen LogP contribution in [0.5, 0.6) is 0 Å². The van der Waals surface area contributed by atoms with Crippen LogP contribution in [0.2, 0.25) is 0 Å². The summed E-state index contributed by atoms with van der Waals surface area (Å²) in [5.74, 6) is -1.68. The predicted octanol–water partition coefficient (Wildman–Crippen LogP) is -2.29. The first kappa shape index (κ1) is 17.1. The van der Waals surface area contributed by atoms with E-state index >= 15 is 0 Å². The van der Waals surface area contributed by atoms with Crippen LogP contribution in [0.1, 0.15) is 6.42 Å². The number of hydrogen-bond acceptors (Lipinski definition) is 5. The molecule has 21 heavy (non-hydrogen) atoms. The second-order valence-electron chi connectivity index (χ2n) is 4.40. The van der Waals surface area contributed by atoms with Gasteiger partial charge in [-0.25, -0.2) is 0 Å². The molecule has 0 bridgehead atoms. The zero-order chi connectivity index (χ0) is 15.5. The summed E-state index contributed by atoms with van der Waals surface area (Å²) >= 11 is 0. The highest BCUT2D eigenvalue weighted by Gasteiger charge is 2.18. The highest BCUT2D eigenvalue weighted by atomic mass is 16.5. The number of quaternary nitrogens is 1. The first-order valence-corrected chi connectivity index (χ1v) is 6.71. The molecular formula is C14H20N2O5. The monoisotopic (exact) mass is 296 g/mol. The first-order valence-electron chi connectivity index (χ1n) is 6.71. The molecule has 0 aliphatic carbocycles. The maximum absolute atomic E-state index is 11.8. The third-order valence-electron chi connectivity index (χ3n) is 2.71. The largest absolute Gasteiger partial charge is 0.544 e. The second-order valence-corrected chi connectivity index (χ2v) is 4.40. The summed E-state index contributed by atoms with van der Waals surface area (Å²) in [6.07, 6.45) is -0.183. The highest BCUT2D eigenvalue weighted by molar-refractivity contribution is 5.93. The van der Waals surface area contributed by atoms with Gasteiger partial charge in [-0.3, -0.25) is 4.79 Å². The molecule has 0 saturated heterocycles. The zero-order valence-electron chi connectivity index (χ0n) is 11.7. The van der Waals surface area contributed by atoms with E-state index in [-0.39, 0.29) is 25.5 Å². The lowest BCUT2D eigenvalue weighted by molar-refractivity contribution is -0.683. The molecule has 1 amide bonds. The van der Waals surface area contributed by atoms with Crippen LogP contribution in [0.4, 0.5) is 5.69 Å². The normalized spacial score (nSPS) is 11.9. The number of aliphatic hydroxyl groups is 1. The second kappa shape index (κ2) is 9.87. The molecule has 0 aliphatic rings. The maximum atomic E-state index is 11.8. The number of nitrogens with two attached hydrogens (primary N) is 1. The van der Waals surface area contributed by atoms with Gasteiger partial charge in [0.25, 0.3) is 0 Å². The summed E-state index contributed by atoms with van der Waals surface area (Å²) in [5, 5.41) is 23.6. The summed E-state index contributed by atoms with van der Waals surface area (Å²) in [6, 6.07) is 7.84. The van der Waals surface area contributed by atoms with E-state index in [4.69, 9.17) is 9.84 Å². The molecule has 4 N–H and O–H groups in total. The van der Waals surface area contributed by atoms with Gasteiger partial charge in [0.1, 0.15) is 6.04 Å². The Hall–Kier alpha value is -1.96. The summed E-state index contributed by atoms with van der Waals surface area (Å²) in [6.45, 7) is 0.795. The van der Waals surface area contributed by atoms with Crippen molar-refractivity contribution in [2.45, 2.75) is 12.5 Å². The van der Waals surface area contributed by atoms with Gasteiger partial charge in [-0.2, -0.15) is 0 Å². The molecule has 116 valence electrons. The van der Waals surface area contributed by atoms with Gasteiger partial charge >= 0.3 is 0 Å². The van der Waals surface area contributed by atoms with Crippen molar-refractivity contribution in [3.05, 3.63) is 30.3 Å². The van der Waals surface area contributed by atoms with Crippen molar-refractivity contribution in [2.75, 3.05) is 31.7 Å². The number of rotatable bonds is 10. The predicted molar refractivity (Wildman–Crippen MR) is 73.2 cm³/mol. The lowest BCUT2D eigenvalue weighted by atomic mass is 10.2. The number of aliphatic carboxylic acids is 1. The van der Waals surface area contributed by atoms with Crippen LogP contribution in [0.3, 0.4) is 0 Å². The van der Waals surface area contributed by atoms with Crippen LogP contribution in [-0.2, 0) is 14.3 Å². The topological polar surface area (TPSA) is 115 Å². The molecule has 0 fully saturated rings. The molecule has 0 heterocycles. The number of benzene rings is 1. The van der Waals surface area contributed by atoms with E-state index in [9.17, 15) is 14.7 Å². The van der Waals surface area contributed by atoms with Crippen molar-refractivity contribution in [2.24, 2.45) is 0 Å². The van der Waals surface area contributed by atoms with Crippen LogP contribution in [0.25, 0.3) is 0 Å². The van der Waals surface area contributed by atoms with E-state index in [2.05, 4.69) is 5.32 Å². The van der Waals surface area contributed by atoms with Crippen LogP contribution >= 0.6 is 0 Å². The summed E-state index contributed by atoms with van der Waals surface area (Å²) in [4.78, 5) is 22.8. The minimum absolute atomic E-state index is 0.0800. The van der Waals surface area contributed by atoms with Crippen molar-refractivity contribution in [3.8, 4) is 0 Å². The van der Waals surface area contributed by atoms with Gasteiger partial charge in [-0.15, -0.1) is 0 Å². The Morgan fingerprint density at radius 3 is 2.62 bits per heavy atom. The molecule has 1 aromatic carbocycles. The smallest absolute Gasteiger partial charge is 0.230 e. The minimum Gasteiger partial charge on any atom is -0.544 e. The molecule has 1 atom stereocenters. The van der Waals surface area contributed by atoms with E-state index in [1.807, 2.05) is 6.07 Å². The standard InChI is InChI=1S/C14H20N2O5/c17-7-9-21-8-6-15-12(14(19)20)10-13(18)16-11-4-2-1-3-5-11/h1-5,12,15,17H,6-10H2,(H,16,18)(H,19,20)/t12-/m0/s1. The van der Waals surface area contributed by atoms with Gasteiger partial charge in [0.2, 0.25) is 5.91 Å². The number of amides is 1. The molecule has 0 spiro atoms. The van der Waals surface area contributed by atoms with Crippen molar-refractivity contribution < 1.29 is 29.9 Å². The maximum Gasteiger partial charge on any atom is 0.230 e. The number of ether oxygens (including phenoxy) is 1. The number of carbonyl (C=O) groups is 2. The molecule has 0 saturated carbocycles. The van der Waals surface area contributed by atoms with Gasteiger partial charge in [0.05, 0.1) is 38.8 Å². The molecule has 1 aromatic rings. The summed E-state index contributed by atoms with van der Waals surface area (Å²) < 4.78 is 5.02. The average Bonchev–Trinajstić information content (AvgIpc) is 2.46. The van der Waals surface area contributed by atoms with Crippen molar-refractivity contribution >= 4 is 17.6 Å². The number of nitrogens with one attached hydrogen (secondary N) is 1. The van der Waals surface area contributed by atoms with Gasteiger partial charge in [0, 0.05) is 5.69 Å². The van der Waals surface area contributed by atoms with Crippen LogP contribution in [-0.4, -0.2) is 49.4 Å². The highest BCUT2D eigenvalue weighted by Crippen LogP contribution is 2.05. The molecular weight excluding hydrogens is 276 g/mol. The fraction of sp³-hybridized carbons (Fsp3) is 0.429. The van der Waals surface area contributed by atoms with E-state index in [1.54, 1.807) is 24.3 Å². The van der Waals surface area contributed by atoms with Crippen molar-refractivity contribution in [1.29, 1.82) is 0 Å². The van der Waals surface area contributed by atoms with E-state index in [0.29, 0.717) is 18.8 Å². The Kier molecular flexibility index (Phi) is 8.03. The Bertz CT molecular complexity index is 438. The molecule has 0 unspecified atom stereocenters. The molecule has 1 rings (SSSR count). The Morgan fingerprint density at radius 1 is 1.29 bits per heavy atom. The number of para-hydroxylation sites is 1. The van der Waals surface area contributed by atoms with Crippen molar-refractivity contribution in [3.63, 3.8) is 0 Å². The minimum atomic E-state index is -1.29. The molecule has 7 nitrogen and oxygen atoms in total. The number of carboxylic acid groups (broad SMARTS) is 1. The molecule has 7 heteroatoms. The number of hydrogen-bond donors (Lipinski definition) is 3. The van der Waals surface area contributed by atoms with Crippen LogP contribution in [0.15, 0.2) is 30.3 Å². The number of aliphatic hydroxyl groups excluding tert-OH is 1. The van der Waals surface area contributed by atoms with Gasteiger partial charge in [-0.1, -0.05) is 18.2 Å². The molecule has 0 radical (unpaired) electrons. The third kappa shape index (κ3) is 7.40. The summed E-state index contributed by atoms with van der Waals surface area (Å²) in [5.41, 5.74) is 0.617. The fourth-order valence-corrected chi connectivity index (χ4v) is 1.72. The third-order valence-corrected chi connectivity index (χ3v) is 2.71. The lowest BCUT2D eigenvalue weighted by Gasteiger charge is -2.16. The Balaban J connectivity index is 2.36. The lowest BCUT2D eigenvalue weighted by Crippen LogP contribution is -2.94. The SMILES string of the molecule is O=C(C[C@H]([NH2+]CCOCCO)C(=O)[O-])Nc1ccccc1. The van der Waals surface area contributed by atoms with Gasteiger partial charge in [0.15, 0.2) is 0 Å². The van der Waals surface area contributed by atoms with Crippen molar-refractivity contribution in [1.82, 2.24) is 0 Å². The average molecular weight is 296 g/mol. The van der Waals surface area contributed by atoms with E-state index in [0.717, 1.165) is 0 Å². The zero-order valence-corrected chi connectivity index (χ0v) is 11.7. The number of carboxylic acids is 1. The number of carbonyl (C=O) groups excluding carboxylic acids is 2. The fourth-order valence-electron chi connectivity index (χ4n) is 1.72. The number of anilines is 1.